The molecule has 7 heavy (non-hydrogen) atoms. The maximum Gasteiger partial charge on any atom is 0.00649 e. The second-order valence-corrected chi connectivity index (χ2v) is 3.18. The molecule has 0 saturated heterocycles. The minimum atomic E-state index is 0.986. The molecule has 0 bridgehead atoms. The molecular weight excluding hydrogens is 152 g/mol. The molecule has 0 aromatic rings. The van der Waals surface area contributed by atoms with E-state index in [9.17, 15) is 0 Å². The Kier molecular flexibility index (Phi) is 1.42. The molecule has 0 aliphatic heterocycles. The van der Waals surface area contributed by atoms with Crippen molar-refractivity contribution < 1.29 is 0 Å². The summed E-state index contributed by atoms with van der Waals surface area (Å²) in [4.78, 5) is 0. The first-order valence-electron chi connectivity index (χ1n) is 2.83. The van der Waals surface area contributed by atoms with Gasteiger partial charge in [-0.2, -0.15) is 0 Å². The molecule has 1 fully saturated rings. The quantitative estimate of drug-likeness (QED) is 0.520. The average Bonchev–Trinajstić information content (AvgIpc) is 2.17. The molecule has 1 rings (SSSR count). The summed E-state index contributed by atoms with van der Waals surface area (Å²) >= 11 is 3.46. The van der Waals surface area contributed by atoms with Crippen molar-refractivity contribution >= 4 is 15.9 Å². The highest BCUT2D eigenvalue weighted by Crippen LogP contribution is 2.46. The Morgan fingerprint density at radius 3 is 1.71 bits per heavy atom. The second kappa shape index (κ2) is 1.77. The lowest BCUT2D eigenvalue weighted by Gasteiger charge is -1.78. The van der Waals surface area contributed by atoms with Gasteiger partial charge >= 0.3 is 0 Å². The summed E-state index contributed by atoms with van der Waals surface area (Å²) in [7, 11) is 0. The Hall–Kier alpha value is 0.480. The Bertz CT molecular complexity index is 62.6. The van der Waals surface area contributed by atoms with Gasteiger partial charge in [0.2, 0.25) is 0 Å². The molecule has 0 nitrogen and oxygen atoms in total. The first kappa shape index (κ1) is 5.61. The average molecular weight is 163 g/mol. The lowest BCUT2D eigenvalue weighted by atomic mass is 10.4. The van der Waals surface area contributed by atoms with Crippen LogP contribution in [-0.4, -0.2) is 5.33 Å². The molecule has 1 saturated carbocycles. The predicted octanol–water partition coefficient (Wildman–Crippen LogP) is 2.28. The van der Waals surface area contributed by atoms with E-state index in [1.54, 1.807) is 0 Å². The smallest absolute Gasteiger partial charge is 0.00649 e. The van der Waals surface area contributed by atoms with Gasteiger partial charge in [0.25, 0.3) is 0 Å². The molecule has 42 valence electrons. The number of rotatable bonds is 1. The Labute approximate surface area is 53.4 Å². The molecule has 0 spiro atoms. The van der Waals surface area contributed by atoms with Crippen molar-refractivity contribution in [2.45, 2.75) is 13.8 Å². The molecular formula is C6H11Br. The lowest BCUT2D eigenvalue weighted by molar-refractivity contribution is 0.834. The number of alkyl halides is 1. The van der Waals surface area contributed by atoms with E-state index in [0.717, 1.165) is 17.8 Å². The SMILES string of the molecule is C[C@H]1C(CBr)[C@@H]1C. The fourth-order valence-electron chi connectivity index (χ4n) is 1.05. The van der Waals surface area contributed by atoms with E-state index in [-0.39, 0.29) is 0 Å². The summed E-state index contributed by atoms with van der Waals surface area (Å²) in [6.45, 7) is 4.63. The predicted molar refractivity (Wildman–Crippen MR) is 35.6 cm³/mol. The molecule has 1 heteroatoms. The van der Waals surface area contributed by atoms with Gasteiger partial charge in [0, 0.05) is 5.33 Å². The van der Waals surface area contributed by atoms with Crippen molar-refractivity contribution in [1.29, 1.82) is 0 Å². The van der Waals surface area contributed by atoms with E-state index >= 15 is 0 Å². The van der Waals surface area contributed by atoms with Crippen LogP contribution in [0.15, 0.2) is 0 Å². The van der Waals surface area contributed by atoms with Gasteiger partial charge in [-0.1, -0.05) is 29.8 Å². The van der Waals surface area contributed by atoms with Crippen LogP contribution in [0.25, 0.3) is 0 Å². The molecule has 1 aliphatic rings. The second-order valence-electron chi connectivity index (χ2n) is 2.54. The van der Waals surface area contributed by atoms with Crippen molar-refractivity contribution in [3.05, 3.63) is 0 Å². The van der Waals surface area contributed by atoms with E-state index in [2.05, 4.69) is 29.8 Å². The third kappa shape index (κ3) is 0.835. The van der Waals surface area contributed by atoms with Crippen molar-refractivity contribution in [2.24, 2.45) is 17.8 Å². The zero-order valence-electron chi connectivity index (χ0n) is 4.82. The highest BCUT2D eigenvalue weighted by atomic mass is 79.9. The molecule has 0 radical (unpaired) electrons. The summed E-state index contributed by atoms with van der Waals surface area (Å²) in [5.74, 6) is 2.96. The maximum atomic E-state index is 3.46. The summed E-state index contributed by atoms with van der Waals surface area (Å²) in [6, 6.07) is 0. The number of hydrogen-bond donors (Lipinski definition) is 0. The van der Waals surface area contributed by atoms with Crippen LogP contribution in [0.3, 0.4) is 0 Å². The topological polar surface area (TPSA) is 0 Å². The molecule has 0 unspecified atom stereocenters. The van der Waals surface area contributed by atoms with E-state index in [4.69, 9.17) is 0 Å². The molecule has 0 heterocycles. The number of halogens is 1. The van der Waals surface area contributed by atoms with Gasteiger partial charge in [-0.05, 0) is 17.8 Å². The van der Waals surface area contributed by atoms with E-state index in [1.807, 2.05) is 0 Å². The largest absolute Gasteiger partial charge is 0.0925 e. The Morgan fingerprint density at radius 2 is 1.71 bits per heavy atom. The van der Waals surface area contributed by atoms with Gasteiger partial charge < -0.3 is 0 Å². The van der Waals surface area contributed by atoms with Crippen LogP contribution in [0.2, 0.25) is 0 Å². The maximum absolute atomic E-state index is 3.46. The first-order valence-corrected chi connectivity index (χ1v) is 3.95. The third-order valence-electron chi connectivity index (χ3n) is 2.22. The highest BCUT2D eigenvalue weighted by molar-refractivity contribution is 9.09. The highest BCUT2D eigenvalue weighted by Gasteiger charge is 2.41. The summed E-state index contributed by atoms with van der Waals surface area (Å²) in [5.41, 5.74) is 0. The number of hydrogen-bond acceptors (Lipinski definition) is 0. The Morgan fingerprint density at radius 1 is 1.29 bits per heavy atom. The lowest BCUT2D eigenvalue weighted by Crippen LogP contribution is -1.75. The van der Waals surface area contributed by atoms with Crippen LogP contribution in [0.5, 0.6) is 0 Å². The minimum absolute atomic E-state index is 0.986. The summed E-state index contributed by atoms with van der Waals surface area (Å²) in [5, 5.41) is 1.20. The minimum Gasteiger partial charge on any atom is -0.0925 e. The first-order chi connectivity index (χ1) is 3.27. The van der Waals surface area contributed by atoms with Crippen LogP contribution >= 0.6 is 15.9 Å². The van der Waals surface area contributed by atoms with Crippen LogP contribution in [0.4, 0.5) is 0 Å². The van der Waals surface area contributed by atoms with Gasteiger partial charge in [0.05, 0.1) is 0 Å². The van der Waals surface area contributed by atoms with Crippen LogP contribution in [-0.2, 0) is 0 Å². The fourth-order valence-corrected chi connectivity index (χ4v) is 2.23. The van der Waals surface area contributed by atoms with E-state index in [1.165, 1.54) is 5.33 Å². The van der Waals surface area contributed by atoms with E-state index in [0.29, 0.717) is 0 Å². The summed E-state index contributed by atoms with van der Waals surface area (Å²) in [6.07, 6.45) is 0. The van der Waals surface area contributed by atoms with Gasteiger partial charge in [-0.25, -0.2) is 0 Å². The van der Waals surface area contributed by atoms with Gasteiger partial charge in [-0.3, -0.25) is 0 Å². The van der Waals surface area contributed by atoms with Crippen LogP contribution < -0.4 is 0 Å². The van der Waals surface area contributed by atoms with Gasteiger partial charge in [-0.15, -0.1) is 0 Å². The standard InChI is InChI=1S/C6H11Br/c1-4-5(2)6(4)3-7/h4-6H,3H2,1-2H3/t4-,5-/m1/s1. The molecule has 0 amide bonds. The normalized spacial score (nSPS) is 49.3. The third-order valence-corrected chi connectivity index (χ3v) is 2.96. The molecule has 0 N–H and O–H groups in total. The fraction of sp³-hybridized carbons (Fsp3) is 1.00. The summed E-state index contributed by atoms with van der Waals surface area (Å²) < 4.78 is 0. The van der Waals surface area contributed by atoms with Gasteiger partial charge in [0.15, 0.2) is 0 Å². The van der Waals surface area contributed by atoms with Crippen molar-refractivity contribution in [1.82, 2.24) is 0 Å². The van der Waals surface area contributed by atoms with Gasteiger partial charge in [0.1, 0.15) is 0 Å². The van der Waals surface area contributed by atoms with Crippen LogP contribution in [0.1, 0.15) is 13.8 Å². The Balaban J connectivity index is 2.24. The van der Waals surface area contributed by atoms with Crippen LogP contribution in [0, 0.1) is 17.8 Å². The van der Waals surface area contributed by atoms with Crippen molar-refractivity contribution in [2.75, 3.05) is 5.33 Å². The van der Waals surface area contributed by atoms with Crippen molar-refractivity contribution in [3.8, 4) is 0 Å². The molecule has 0 aromatic heterocycles. The molecule has 1 aliphatic carbocycles. The molecule has 0 aromatic carbocycles. The zero-order chi connectivity index (χ0) is 5.44. The van der Waals surface area contributed by atoms with E-state index < -0.39 is 0 Å². The monoisotopic (exact) mass is 162 g/mol. The van der Waals surface area contributed by atoms with Crippen molar-refractivity contribution in [3.63, 3.8) is 0 Å². The zero-order valence-corrected chi connectivity index (χ0v) is 6.40. The molecule has 2 atom stereocenters.